The highest BCUT2D eigenvalue weighted by atomic mass is 32.2. The third-order valence-electron chi connectivity index (χ3n) is 4.60. The predicted octanol–water partition coefficient (Wildman–Crippen LogP) is 1.54. The van der Waals surface area contributed by atoms with E-state index < -0.39 is 10.0 Å². The van der Waals surface area contributed by atoms with Crippen LogP contribution in [0, 0.1) is 5.92 Å². The van der Waals surface area contributed by atoms with Crippen molar-refractivity contribution in [3.63, 3.8) is 0 Å². The van der Waals surface area contributed by atoms with Crippen molar-refractivity contribution >= 4 is 20.9 Å². The lowest BCUT2D eigenvalue weighted by atomic mass is 9.99. The number of pyridine rings is 1. The summed E-state index contributed by atoms with van der Waals surface area (Å²) in [5.41, 5.74) is 0.427. The monoisotopic (exact) mass is 349 g/mol. The third kappa shape index (κ3) is 4.03. The fourth-order valence-corrected chi connectivity index (χ4v) is 4.06. The zero-order chi connectivity index (χ0) is 17.2. The van der Waals surface area contributed by atoms with Gasteiger partial charge in [-0.05, 0) is 61.5 Å². The Morgan fingerprint density at radius 1 is 1.21 bits per heavy atom. The molecule has 7 heteroatoms. The predicted molar refractivity (Wildman–Crippen MR) is 94.6 cm³/mol. The summed E-state index contributed by atoms with van der Waals surface area (Å²) >= 11 is 0. The smallest absolute Gasteiger partial charge is 0.248 e. The Kier molecular flexibility index (Phi) is 5.03. The van der Waals surface area contributed by atoms with Crippen molar-refractivity contribution in [3.05, 3.63) is 40.7 Å². The number of fused-ring (bicyclic) bond motifs is 1. The first-order valence-electron chi connectivity index (χ1n) is 8.29. The van der Waals surface area contributed by atoms with Gasteiger partial charge in [-0.15, -0.1) is 0 Å². The van der Waals surface area contributed by atoms with Crippen LogP contribution < -0.4 is 10.3 Å². The molecule has 0 aliphatic carbocycles. The number of nitrogens with one attached hydrogen (secondary N) is 2. The molecule has 24 heavy (non-hydrogen) atoms. The molecule has 0 atom stereocenters. The van der Waals surface area contributed by atoms with Crippen LogP contribution in [0.3, 0.4) is 0 Å². The number of hydrogen-bond acceptors (Lipinski definition) is 4. The molecule has 2 heterocycles. The molecule has 2 N–H and O–H groups in total. The van der Waals surface area contributed by atoms with Gasteiger partial charge in [0.15, 0.2) is 0 Å². The molecule has 0 amide bonds. The van der Waals surface area contributed by atoms with Crippen molar-refractivity contribution in [2.45, 2.75) is 24.7 Å². The summed E-state index contributed by atoms with van der Waals surface area (Å²) in [5.74, 6) is 0.766. The average molecular weight is 349 g/mol. The lowest BCUT2D eigenvalue weighted by Crippen LogP contribution is -2.39. The molecular formula is C17H23N3O3S. The first-order valence-corrected chi connectivity index (χ1v) is 9.77. The van der Waals surface area contributed by atoms with Crippen LogP contribution in [0.1, 0.15) is 19.8 Å². The largest absolute Gasteiger partial charge is 0.322 e. The van der Waals surface area contributed by atoms with Gasteiger partial charge >= 0.3 is 0 Å². The molecule has 1 fully saturated rings. The van der Waals surface area contributed by atoms with Crippen LogP contribution in [0.25, 0.3) is 10.9 Å². The fourth-order valence-electron chi connectivity index (χ4n) is 3.01. The molecule has 1 aromatic carbocycles. The summed E-state index contributed by atoms with van der Waals surface area (Å²) in [4.78, 5) is 16.5. The molecule has 1 aliphatic rings. The van der Waals surface area contributed by atoms with E-state index in [9.17, 15) is 13.2 Å². The number of hydrogen-bond donors (Lipinski definition) is 2. The van der Waals surface area contributed by atoms with Crippen LogP contribution >= 0.6 is 0 Å². The number of H-pyrrole nitrogens is 1. The Morgan fingerprint density at radius 3 is 2.71 bits per heavy atom. The number of likely N-dealkylation sites (tertiary alicyclic amines) is 1. The molecule has 0 bridgehead atoms. The first-order chi connectivity index (χ1) is 11.4. The van der Waals surface area contributed by atoms with Crippen molar-refractivity contribution < 1.29 is 8.42 Å². The normalized spacial score (nSPS) is 17.4. The number of piperidine rings is 1. The molecule has 0 radical (unpaired) electrons. The van der Waals surface area contributed by atoms with Crippen molar-refractivity contribution in [2.75, 3.05) is 26.2 Å². The average Bonchev–Trinajstić information content (AvgIpc) is 2.56. The van der Waals surface area contributed by atoms with Gasteiger partial charge in [-0.1, -0.05) is 6.92 Å². The summed E-state index contributed by atoms with van der Waals surface area (Å²) in [7, 11) is -3.54. The lowest BCUT2D eigenvalue weighted by molar-refractivity contribution is 0.195. The molecule has 3 rings (SSSR count). The second-order valence-corrected chi connectivity index (χ2v) is 8.26. The lowest BCUT2D eigenvalue weighted by Gasteiger charge is -2.30. The van der Waals surface area contributed by atoms with Crippen LogP contribution in [0.5, 0.6) is 0 Å². The van der Waals surface area contributed by atoms with Gasteiger partial charge in [0, 0.05) is 24.7 Å². The Balaban J connectivity index is 1.64. The van der Waals surface area contributed by atoms with Gasteiger partial charge in [0.1, 0.15) is 0 Å². The van der Waals surface area contributed by atoms with Crippen molar-refractivity contribution in [3.8, 4) is 0 Å². The quantitative estimate of drug-likeness (QED) is 0.858. The SMILES string of the molecule is CC1CCN(CCNS(=O)(=O)c2ccc3[nH]c(=O)ccc3c2)CC1. The van der Waals surface area contributed by atoms with Gasteiger partial charge in [0.05, 0.1) is 4.90 Å². The number of rotatable bonds is 5. The van der Waals surface area contributed by atoms with E-state index in [1.807, 2.05) is 0 Å². The molecule has 2 aromatic rings. The Bertz CT molecular complexity index is 868. The van der Waals surface area contributed by atoms with E-state index in [2.05, 4.69) is 21.5 Å². The minimum Gasteiger partial charge on any atom is -0.322 e. The number of aromatic amines is 1. The molecule has 0 spiro atoms. The second-order valence-electron chi connectivity index (χ2n) is 6.49. The van der Waals surface area contributed by atoms with Crippen LogP contribution in [0.2, 0.25) is 0 Å². The minimum atomic E-state index is -3.54. The zero-order valence-electron chi connectivity index (χ0n) is 13.8. The van der Waals surface area contributed by atoms with Crippen molar-refractivity contribution in [2.24, 2.45) is 5.92 Å². The number of nitrogens with zero attached hydrogens (tertiary/aromatic N) is 1. The van der Waals surface area contributed by atoms with E-state index in [1.165, 1.54) is 25.0 Å². The molecule has 6 nitrogen and oxygen atoms in total. The first kappa shape index (κ1) is 17.1. The molecule has 130 valence electrons. The highest BCUT2D eigenvalue weighted by Crippen LogP contribution is 2.17. The summed E-state index contributed by atoms with van der Waals surface area (Å²) in [6.45, 7) is 5.46. The Morgan fingerprint density at radius 2 is 1.96 bits per heavy atom. The Labute approximate surface area is 141 Å². The van der Waals surface area contributed by atoms with E-state index in [4.69, 9.17) is 0 Å². The highest BCUT2D eigenvalue weighted by Gasteiger charge is 2.17. The Hall–Kier alpha value is -1.70. The van der Waals surface area contributed by atoms with Crippen LogP contribution in [-0.2, 0) is 10.0 Å². The molecule has 1 aliphatic heterocycles. The topological polar surface area (TPSA) is 82.3 Å². The van der Waals surface area contributed by atoms with E-state index in [0.717, 1.165) is 25.6 Å². The van der Waals surface area contributed by atoms with Gasteiger partial charge in [-0.2, -0.15) is 0 Å². The number of aromatic nitrogens is 1. The van der Waals surface area contributed by atoms with E-state index in [1.54, 1.807) is 18.2 Å². The van der Waals surface area contributed by atoms with Gasteiger partial charge in [-0.3, -0.25) is 4.79 Å². The maximum atomic E-state index is 12.4. The second kappa shape index (κ2) is 7.04. The summed E-state index contributed by atoms with van der Waals surface area (Å²) in [6, 6.07) is 7.74. The molecule has 0 saturated carbocycles. The van der Waals surface area contributed by atoms with Gasteiger partial charge in [0.25, 0.3) is 0 Å². The summed E-state index contributed by atoms with van der Waals surface area (Å²) < 4.78 is 27.5. The van der Waals surface area contributed by atoms with E-state index in [0.29, 0.717) is 17.4 Å². The maximum absolute atomic E-state index is 12.4. The maximum Gasteiger partial charge on any atom is 0.248 e. The summed E-state index contributed by atoms with van der Waals surface area (Å²) in [5, 5.41) is 0.697. The number of benzene rings is 1. The van der Waals surface area contributed by atoms with Gasteiger partial charge in [0.2, 0.25) is 15.6 Å². The van der Waals surface area contributed by atoms with Crippen LogP contribution in [0.4, 0.5) is 0 Å². The standard InChI is InChI=1S/C17H23N3O3S/c1-13-6-9-20(10-7-13)11-8-18-24(22,23)15-3-4-16-14(12-15)2-5-17(21)19-16/h2-5,12-13,18H,6-11H2,1H3,(H,19,21). The van der Waals surface area contributed by atoms with Crippen molar-refractivity contribution in [1.82, 2.24) is 14.6 Å². The van der Waals surface area contributed by atoms with E-state index in [-0.39, 0.29) is 10.5 Å². The van der Waals surface area contributed by atoms with Gasteiger partial charge in [-0.25, -0.2) is 13.1 Å². The van der Waals surface area contributed by atoms with Crippen LogP contribution in [-0.4, -0.2) is 44.5 Å². The van der Waals surface area contributed by atoms with Crippen molar-refractivity contribution in [1.29, 1.82) is 0 Å². The third-order valence-corrected chi connectivity index (χ3v) is 6.06. The molecule has 1 aromatic heterocycles. The molecule has 0 unspecified atom stereocenters. The number of sulfonamides is 1. The zero-order valence-corrected chi connectivity index (χ0v) is 14.6. The highest BCUT2D eigenvalue weighted by molar-refractivity contribution is 7.89. The molecule has 1 saturated heterocycles. The molecular weight excluding hydrogens is 326 g/mol. The van der Waals surface area contributed by atoms with Crippen LogP contribution in [0.15, 0.2) is 40.0 Å². The summed E-state index contributed by atoms with van der Waals surface area (Å²) in [6.07, 6.45) is 2.35. The van der Waals surface area contributed by atoms with E-state index >= 15 is 0 Å². The minimum absolute atomic E-state index is 0.202. The fraction of sp³-hybridized carbons (Fsp3) is 0.471. The van der Waals surface area contributed by atoms with Gasteiger partial charge < -0.3 is 9.88 Å².